The van der Waals surface area contributed by atoms with Gasteiger partial charge in [-0.3, -0.25) is 14.3 Å². The van der Waals surface area contributed by atoms with Crippen molar-refractivity contribution >= 4 is 8.53 Å². The van der Waals surface area contributed by atoms with Gasteiger partial charge in [-0.25, -0.2) is 9.46 Å². The lowest BCUT2D eigenvalue weighted by molar-refractivity contribution is -0.0527. The maximum Gasteiger partial charge on any atom is 0.330 e. The molecule has 2 heterocycles. The molecule has 174 valence electrons. The highest BCUT2D eigenvalue weighted by atomic mass is 31.2. The van der Waals surface area contributed by atoms with Gasteiger partial charge >= 0.3 is 5.69 Å². The number of nitriles is 1. The summed E-state index contributed by atoms with van der Waals surface area (Å²) in [5, 5.41) is 8.89. The minimum atomic E-state index is -1.47. The molecule has 1 aliphatic rings. The van der Waals surface area contributed by atoms with Crippen molar-refractivity contribution < 1.29 is 18.5 Å². The molecule has 0 aliphatic carbocycles. The van der Waals surface area contributed by atoms with E-state index in [0.717, 1.165) is 0 Å². The molecular formula is C20H33N4O6P. The molecule has 1 aromatic heterocycles. The first-order valence-corrected chi connectivity index (χ1v) is 11.5. The number of aromatic amines is 1. The molecule has 0 bridgehead atoms. The molecule has 0 aromatic carbocycles. The van der Waals surface area contributed by atoms with Gasteiger partial charge in [0, 0.05) is 37.4 Å². The van der Waals surface area contributed by atoms with E-state index in [1.54, 1.807) is 14.0 Å². The molecule has 0 saturated carbocycles. The second kappa shape index (κ2) is 11.9. The van der Waals surface area contributed by atoms with E-state index in [0.29, 0.717) is 12.0 Å². The molecule has 31 heavy (non-hydrogen) atoms. The van der Waals surface area contributed by atoms with E-state index in [1.807, 2.05) is 0 Å². The quantitative estimate of drug-likeness (QED) is 0.398. The van der Waals surface area contributed by atoms with Crippen LogP contribution < -0.4 is 11.2 Å². The number of aryl methyl sites for hydroxylation is 1. The van der Waals surface area contributed by atoms with Crippen molar-refractivity contribution in [1.82, 2.24) is 14.2 Å². The largest absolute Gasteiger partial charge is 0.382 e. The lowest BCUT2D eigenvalue weighted by Gasteiger charge is -2.37. The number of nitrogens with zero attached hydrogens (tertiary/aromatic N) is 3. The van der Waals surface area contributed by atoms with Crippen LogP contribution in [0.5, 0.6) is 0 Å². The van der Waals surface area contributed by atoms with Crippen LogP contribution in [-0.2, 0) is 18.5 Å². The van der Waals surface area contributed by atoms with Crippen LogP contribution in [0.1, 0.15) is 52.3 Å². The van der Waals surface area contributed by atoms with Crippen LogP contribution in [0.2, 0.25) is 0 Å². The van der Waals surface area contributed by atoms with E-state index in [-0.39, 0.29) is 31.7 Å². The van der Waals surface area contributed by atoms with Gasteiger partial charge in [-0.1, -0.05) is 0 Å². The lowest BCUT2D eigenvalue weighted by Crippen LogP contribution is -2.36. The van der Waals surface area contributed by atoms with E-state index < -0.39 is 38.2 Å². The summed E-state index contributed by atoms with van der Waals surface area (Å²) in [6.07, 6.45) is 0.750. The third-order valence-corrected chi connectivity index (χ3v) is 7.01. The number of aromatic nitrogens is 2. The first kappa shape index (κ1) is 25.7. The highest BCUT2D eigenvalue weighted by molar-refractivity contribution is 7.44. The molecule has 0 radical (unpaired) electrons. The Bertz CT molecular complexity index is 856. The summed E-state index contributed by atoms with van der Waals surface area (Å²) in [6.45, 7) is 10.4. The number of rotatable bonds is 11. The summed E-state index contributed by atoms with van der Waals surface area (Å²) >= 11 is 0. The number of methoxy groups -OCH3 is 1. The lowest BCUT2D eigenvalue weighted by atomic mass is 10.2. The molecule has 0 amide bonds. The van der Waals surface area contributed by atoms with Crippen molar-refractivity contribution in [2.24, 2.45) is 0 Å². The van der Waals surface area contributed by atoms with E-state index in [2.05, 4.69) is 43.4 Å². The van der Waals surface area contributed by atoms with Crippen LogP contribution in [0.4, 0.5) is 0 Å². The zero-order valence-electron chi connectivity index (χ0n) is 19.0. The summed E-state index contributed by atoms with van der Waals surface area (Å²) in [4.78, 5) is 26.4. The van der Waals surface area contributed by atoms with Crippen molar-refractivity contribution in [2.45, 2.75) is 78.0 Å². The van der Waals surface area contributed by atoms with Gasteiger partial charge in [-0.05, 0) is 34.6 Å². The van der Waals surface area contributed by atoms with Crippen LogP contribution in [-0.4, -0.2) is 58.8 Å². The Morgan fingerprint density at radius 1 is 1.35 bits per heavy atom. The number of H-pyrrole nitrogens is 1. The fraction of sp³-hybridized carbons (Fsp3) is 0.750. The molecule has 1 fully saturated rings. The van der Waals surface area contributed by atoms with Crippen LogP contribution in [0.15, 0.2) is 15.8 Å². The molecule has 10 nitrogen and oxygen atoms in total. The van der Waals surface area contributed by atoms with Gasteiger partial charge in [0.15, 0.2) is 0 Å². The highest BCUT2D eigenvalue weighted by Gasteiger charge is 2.41. The highest BCUT2D eigenvalue weighted by Crippen LogP contribution is 2.49. The molecule has 1 N–H and O–H groups in total. The maximum absolute atomic E-state index is 12.3. The van der Waals surface area contributed by atoms with Gasteiger partial charge in [-0.15, -0.1) is 0 Å². The molecule has 1 unspecified atom stereocenters. The molecule has 1 aliphatic heterocycles. The summed E-state index contributed by atoms with van der Waals surface area (Å²) < 4.78 is 27.3. The molecule has 1 saturated heterocycles. The minimum Gasteiger partial charge on any atom is -0.382 e. The van der Waals surface area contributed by atoms with Crippen LogP contribution in [0, 0.1) is 18.3 Å². The van der Waals surface area contributed by atoms with Gasteiger partial charge in [0.2, 0.25) is 0 Å². The van der Waals surface area contributed by atoms with Gasteiger partial charge < -0.3 is 18.5 Å². The van der Waals surface area contributed by atoms with Crippen LogP contribution >= 0.6 is 8.53 Å². The number of hydrogen-bond donors (Lipinski definition) is 1. The topological polar surface area (TPSA) is 119 Å². The molecule has 11 heteroatoms. The first-order chi connectivity index (χ1) is 14.7. The fourth-order valence-electron chi connectivity index (χ4n) is 3.51. The average Bonchev–Trinajstić information content (AvgIpc) is 3.06. The number of nitrogens with one attached hydrogen (secondary N) is 1. The zero-order chi connectivity index (χ0) is 23.1. The molecule has 4 atom stereocenters. The Labute approximate surface area is 184 Å². The fourth-order valence-corrected chi connectivity index (χ4v) is 5.26. The predicted octanol–water partition coefficient (Wildman–Crippen LogP) is 2.44. The standard InChI is InChI=1S/C20H33N4O6P/c1-13(2)24(14(3)4)31(28-9-7-8-21)30-16-10-18(29-17(16)12-27-6)23-11-15(5)19(25)22-20(23)26/h11,13-14,16-18H,7,9-10,12H2,1-6H3,(H,22,25,26)/t16-,17+,18+,31?/m0/s1. The van der Waals surface area contributed by atoms with Crippen molar-refractivity contribution in [3.05, 3.63) is 32.6 Å². The van der Waals surface area contributed by atoms with Crippen molar-refractivity contribution in [1.29, 1.82) is 5.26 Å². The molecule has 1 aromatic rings. The Morgan fingerprint density at radius 3 is 2.61 bits per heavy atom. The SMILES string of the molecule is COC[C@H]1O[C@@H](n2cc(C)c(=O)[nH]c2=O)C[C@@H]1OP(OCCC#N)N(C(C)C)C(C)C. The summed E-state index contributed by atoms with van der Waals surface area (Å²) in [6, 6.07) is 2.41. The second-order valence-electron chi connectivity index (χ2n) is 7.99. The zero-order valence-corrected chi connectivity index (χ0v) is 19.9. The van der Waals surface area contributed by atoms with E-state index in [4.69, 9.17) is 23.8 Å². The Balaban J connectivity index is 2.27. The van der Waals surface area contributed by atoms with E-state index >= 15 is 0 Å². The first-order valence-electron chi connectivity index (χ1n) is 10.4. The Hall–Kier alpha value is -1.60. The maximum atomic E-state index is 12.3. The summed E-state index contributed by atoms with van der Waals surface area (Å²) in [5.41, 5.74) is -0.529. The van der Waals surface area contributed by atoms with Gasteiger partial charge in [0.1, 0.15) is 12.3 Å². The van der Waals surface area contributed by atoms with Crippen molar-refractivity contribution in [3.8, 4) is 6.07 Å². The predicted molar refractivity (Wildman–Crippen MR) is 117 cm³/mol. The Kier molecular flexibility index (Phi) is 9.82. The third kappa shape index (κ3) is 6.69. The molecular weight excluding hydrogens is 423 g/mol. The Morgan fingerprint density at radius 2 is 2.03 bits per heavy atom. The van der Waals surface area contributed by atoms with Crippen LogP contribution in [0.25, 0.3) is 0 Å². The van der Waals surface area contributed by atoms with Gasteiger partial charge in [0.05, 0.1) is 31.8 Å². The summed E-state index contributed by atoms with van der Waals surface area (Å²) in [5.74, 6) is 0. The second-order valence-corrected chi connectivity index (χ2v) is 9.40. The molecule has 0 spiro atoms. The van der Waals surface area contributed by atoms with Gasteiger partial charge in [0.25, 0.3) is 14.1 Å². The van der Waals surface area contributed by atoms with Crippen molar-refractivity contribution in [2.75, 3.05) is 20.3 Å². The van der Waals surface area contributed by atoms with Gasteiger partial charge in [-0.2, -0.15) is 5.26 Å². The number of hydrogen-bond acceptors (Lipinski definition) is 8. The monoisotopic (exact) mass is 456 g/mol. The molecule has 2 rings (SSSR count). The van der Waals surface area contributed by atoms with E-state index in [9.17, 15) is 9.59 Å². The average molecular weight is 456 g/mol. The normalized spacial score (nSPS) is 22.4. The van der Waals surface area contributed by atoms with E-state index in [1.165, 1.54) is 10.8 Å². The third-order valence-electron chi connectivity index (χ3n) is 4.86. The smallest absolute Gasteiger partial charge is 0.330 e. The van der Waals surface area contributed by atoms with Crippen molar-refractivity contribution in [3.63, 3.8) is 0 Å². The minimum absolute atomic E-state index is 0.164. The number of ether oxygens (including phenoxy) is 2. The van der Waals surface area contributed by atoms with Crippen LogP contribution in [0.3, 0.4) is 0 Å². The summed E-state index contributed by atoms with van der Waals surface area (Å²) in [7, 11) is 0.106.